The highest BCUT2D eigenvalue weighted by atomic mass is 19.1. The van der Waals surface area contributed by atoms with Crippen LogP contribution in [-0.4, -0.2) is 52.2 Å². The molecule has 4 atom stereocenters. The number of amides is 3. The number of carbonyl (C=O) groups excluding carboxylic acids is 3. The van der Waals surface area contributed by atoms with Crippen molar-refractivity contribution in [3.8, 4) is 5.75 Å². The normalized spacial score (nSPS) is 16.9. The molecule has 40 heavy (non-hydrogen) atoms. The topological polar surface area (TPSA) is 128 Å². The molecule has 0 heterocycles. The lowest BCUT2D eigenvalue weighted by Gasteiger charge is -2.35. The van der Waals surface area contributed by atoms with E-state index in [9.17, 15) is 29.0 Å². The molecule has 0 unspecified atom stereocenters. The molecule has 1 fully saturated rings. The second kappa shape index (κ2) is 14.8. The predicted molar refractivity (Wildman–Crippen MR) is 151 cm³/mol. The summed E-state index contributed by atoms with van der Waals surface area (Å²) >= 11 is 0. The number of phenolic OH excluding ortho intramolecular Hbond substituents is 1. The highest BCUT2D eigenvalue weighted by Gasteiger charge is 2.33. The number of halogens is 1. The Balaban J connectivity index is 1.84. The molecule has 9 heteroatoms. The van der Waals surface area contributed by atoms with Crippen molar-refractivity contribution >= 4 is 17.7 Å². The highest BCUT2D eigenvalue weighted by molar-refractivity contribution is 5.97. The van der Waals surface area contributed by atoms with Crippen LogP contribution < -0.4 is 16.0 Å². The number of benzene rings is 2. The number of aliphatic hydroxyl groups excluding tert-OH is 1. The maximum atomic E-state index is 13.5. The molecule has 2 aromatic carbocycles. The van der Waals surface area contributed by atoms with E-state index in [1.54, 1.807) is 0 Å². The van der Waals surface area contributed by atoms with Crippen LogP contribution in [0.25, 0.3) is 0 Å². The molecule has 5 N–H and O–H groups in total. The van der Waals surface area contributed by atoms with Gasteiger partial charge in [-0.25, -0.2) is 4.39 Å². The lowest BCUT2D eigenvalue weighted by molar-refractivity contribution is -0.130. The van der Waals surface area contributed by atoms with E-state index in [2.05, 4.69) is 16.0 Å². The first kappa shape index (κ1) is 31.1. The lowest BCUT2D eigenvalue weighted by atomic mass is 9.80. The van der Waals surface area contributed by atoms with E-state index in [0.29, 0.717) is 6.42 Å². The van der Waals surface area contributed by atoms with Gasteiger partial charge in [0.2, 0.25) is 11.8 Å². The van der Waals surface area contributed by atoms with Gasteiger partial charge >= 0.3 is 0 Å². The summed E-state index contributed by atoms with van der Waals surface area (Å²) in [5, 5.41) is 30.3. The summed E-state index contributed by atoms with van der Waals surface area (Å²) in [6.07, 6.45) is 4.44. The van der Waals surface area contributed by atoms with E-state index in [0.717, 1.165) is 49.8 Å². The van der Waals surface area contributed by atoms with Crippen molar-refractivity contribution in [2.24, 2.45) is 11.8 Å². The summed E-state index contributed by atoms with van der Waals surface area (Å²) < 4.78 is 13.5. The number of nitrogens with one attached hydrogen (secondary N) is 3. The molecule has 1 aliphatic rings. The van der Waals surface area contributed by atoms with Crippen molar-refractivity contribution in [3.05, 3.63) is 65.5 Å². The van der Waals surface area contributed by atoms with E-state index in [1.807, 2.05) is 44.2 Å². The van der Waals surface area contributed by atoms with Gasteiger partial charge in [-0.3, -0.25) is 14.4 Å². The van der Waals surface area contributed by atoms with Crippen molar-refractivity contribution in [3.63, 3.8) is 0 Å². The van der Waals surface area contributed by atoms with E-state index in [-0.39, 0.29) is 41.7 Å². The standard InChI is InChI=1S/C31H42FN3O5/c1-19(2)29(33-20(3)36)31(40)34-25(22-12-8-5-9-13-22)18-28(38)26(16-21-10-6-4-7-11-21)35-30(39)24-15-14-23(32)17-27(24)37/h4,6-7,10-11,14-15,17,19,22,25-26,28-29,37-38H,5,8-9,12-13,16,18H2,1-3H3,(H,33,36)(H,34,40)(H,35,39)/t25-,26+,28+,29+/m1/s1. The Bertz CT molecular complexity index is 1140. The van der Waals surface area contributed by atoms with E-state index < -0.39 is 35.7 Å². The van der Waals surface area contributed by atoms with Gasteiger partial charge < -0.3 is 26.2 Å². The first-order chi connectivity index (χ1) is 19.0. The smallest absolute Gasteiger partial charge is 0.255 e. The number of hydrogen-bond acceptors (Lipinski definition) is 5. The monoisotopic (exact) mass is 555 g/mol. The van der Waals surface area contributed by atoms with Crippen LogP contribution in [0.4, 0.5) is 4.39 Å². The van der Waals surface area contributed by atoms with Crippen LogP contribution in [0.1, 0.15) is 75.2 Å². The Morgan fingerprint density at radius 1 is 0.975 bits per heavy atom. The summed E-state index contributed by atoms with van der Waals surface area (Å²) in [6, 6.07) is 10.7. The molecular formula is C31H42FN3O5. The minimum Gasteiger partial charge on any atom is -0.507 e. The minimum atomic E-state index is -1.04. The Kier molecular flexibility index (Phi) is 11.5. The van der Waals surface area contributed by atoms with Crippen LogP contribution >= 0.6 is 0 Å². The summed E-state index contributed by atoms with van der Waals surface area (Å²) in [5.41, 5.74) is 0.790. The third-order valence-corrected chi connectivity index (χ3v) is 7.63. The minimum absolute atomic E-state index is 0.0983. The maximum absolute atomic E-state index is 13.5. The van der Waals surface area contributed by atoms with E-state index in [1.165, 1.54) is 13.0 Å². The quantitative estimate of drug-likeness (QED) is 0.272. The number of aliphatic hydroxyl groups is 1. The van der Waals surface area contributed by atoms with Gasteiger partial charge in [0.15, 0.2) is 0 Å². The van der Waals surface area contributed by atoms with Gasteiger partial charge in [0.05, 0.1) is 17.7 Å². The van der Waals surface area contributed by atoms with Gasteiger partial charge in [0, 0.05) is 19.0 Å². The molecule has 3 amide bonds. The van der Waals surface area contributed by atoms with Crippen molar-refractivity contribution < 1.29 is 29.0 Å². The van der Waals surface area contributed by atoms with E-state index in [4.69, 9.17) is 0 Å². The molecule has 0 aromatic heterocycles. The average Bonchev–Trinajstić information content (AvgIpc) is 2.91. The number of phenols is 1. The first-order valence-electron chi connectivity index (χ1n) is 14.1. The average molecular weight is 556 g/mol. The second-order valence-electron chi connectivity index (χ2n) is 11.2. The summed E-state index contributed by atoms with van der Waals surface area (Å²) in [4.78, 5) is 38.2. The Labute approximate surface area is 235 Å². The number of carbonyl (C=O) groups is 3. The Morgan fingerprint density at radius 3 is 2.25 bits per heavy atom. The molecule has 8 nitrogen and oxygen atoms in total. The maximum Gasteiger partial charge on any atom is 0.255 e. The first-order valence-corrected chi connectivity index (χ1v) is 14.1. The largest absolute Gasteiger partial charge is 0.507 e. The SMILES string of the molecule is CC(=O)N[C@H](C(=O)N[C@H](C[C@H](O)[C@H](Cc1ccccc1)NC(=O)c1ccc(F)cc1O)C1CCCCC1)C(C)C. The number of hydrogen-bond donors (Lipinski definition) is 5. The molecule has 1 saturated carbocycles. The van der Waals surface area contributed by atoms with Crippen molar-refractivity contribution in [2.75, 3.05) is 0 Å². The summed E-state index contributed by atoms with van der Waals surface area (Å²) in [5.74, 6) is -2.37. The molecule has 2 aromatic rings. The molecule has 0 aliphatic heterocycles. The fourth-order valence-corrected chi connectivity index (χ4v) is 5.45. The fraction of sp³-hybridized carbons (Fsp3) is 0.516. The Morgan fingerprint density at radius 2 is 1.65 bits per heavy atom. The third-order valence-electron chi connectivity index (χ3n) is 7.63. The van der Waals surface area contributed by atoms with Crippen LogP contribution in [0, 0.1) is 17.7 Å². The van der Waals surface area contributed by atoms with Gasteiger partial charge in [-0.15, -0.1) is 0 Å². The van der Waals surface area contributed by atoms with Crippen molar-refractivity contribution in [2.45, 2.75) is 89.9 Å². The number of aromatic hydroxyl groups is 1. The fourth-order valence-electron chi connectivity index (χ4n) is 5.45. The van der Waals surface area contributed by atoms with Crippen LogP contribution in [0.2, 0.25) is 0 Å². The Hall–Kier alpha value is -3.46. The zero-order valence-corrected chi connectivity index (χ0v) is 23.5. The molecule has 1 aliphatic carbocycles. The summed E-state index contributed by atoms with van der Waals surface area (Å²) in [7, 11) is 0. The van der Waals surface area contributed by atoms with E-state index >= 15 is 0 Å². The van der Waals surface area contributed by atoms with Gasteiger partial charge in [-0.2, -0.15) is 0 Å². The molecule has 0 radical (unpaired) electrons. The molecule has 0 bridgehead atoms. The van der Waals surface area contributed by atoms with Gasteiger partial charge in [-0.05, 0) is 55.2 Å². The molecule has 0 saturated heterocycles. The zero-order valence-electron chi connectivity index (χ0n) is 23.5. The van der Waals surface area contributed by atoms with Crippen molar-refractivity contribution in [1.82, 2.24) is 16.0 Å². The van der Waals surface area contributed by atoms with Crippen LogP contribution in [-0.2, 0) is 16.0 Å². The molecular weight excluding hydrogens is 513 g/mol. The van der Waals surface area contributed by atoms with Crippen molar-refractivity contribution in [1.29, 1.82) is 0 Å². The zero-order chi connectivity index (χ0) is 29.2. The number of rotatable bonds is 12. The van der Waals surface area contributed by atoms with Gasteiger partial charge in [0.25, 0.3) is 5.91 Å². The van der Waals surface area contributed by atoms with Crippen LogP contribution in [0.3, 0.4) is 0 Å². The summed E-state index contributed by atoms with van der Waals surface area (Å²) in [6.45, 7) is 5.10. The lowest BCUT2D eigenvalue weighted by Crippen LogP contribution is -2.55. The van der Waals surface area contributed by atoms with Gasteiger partial charge in [0.1, 0.15) is 17.6 Å². The molecule has 218 valence electrons. The molecule has 0 spiro atoms. The third kappa shape index (κ3) is 9.05. The van der Waals surface area contributed by atoms with Crippen LogP contribution in [0.5, 0.6) is 5.75 Å². The van der Waals surface area contributed by atoms with Crippen LogP contribution in [0.15, 0.2) is 48.5 Å². The molecule has 3 rings (SSSR count). The van der Waals surface area contributed by atoms with Gasteiger partial charge in [-0.1, -0.05) is 63.4 Å². The highest BCUT2D eigenvalue weighted by Crippen LogP contribution is 2.29. The second-order valence-corrected chi connectivity index (χ2v) is 11.2. The predicted octanol–water partition coefficient (Wildman–Crippen LogP) is 3.85.